The van der Waals surface area contributed by atoms with E-state index in [1.165, 1.54) is 6.07 Å². The van der Waals surface area contributed by atoms with Gasteiger partial charge in [-0.1, -0.05) is 6.92 Å². The van der Waals surface area contributed by atoms with Crippen molar-refractivity contribution in [1.82, 2.24) is 19.8 Å². The average molecular weight is 343 g/mol. The van der Waals surface area contributed by atoms with Crippen molar-refractivity contribution in [3.05, 3.63) is 18.0 Å². The molecule has 0 aromatic carbocycles. The van der Waals surface area contributed by atoms with Crippen LogP contribution in [0.15, 0.2) is 12.1 Å². The number of anilines is 1. The number of hydrogen-bond acceptors (Lipinski definition) is 5. The molecule has 1 aliphatic rings. The first-order valence-corrected chi connectivity index (χ1v) is 8.15. The summed E-state index contributed by atoms with van der Waals surface area (Å²) in [7, 11) is 0. The number of ether oxygens (including phenoxy) is 1. The molecule has 0 N–H and O–H groups in total. The lowest BCUT2D eigenvalue weighted by molar-refractivity contribution is -0.146. The summed E-state index contributed by atoms with van der Waals surface area (Å²) in [6, 6.07) is 3.21. The van der Waals surface area contributed by atoms with Crippen LogP contribution in [0.25, 0.3) is 5.65 Å². The minimum Gasteiger partial charge on any atom is -0.378 e. The van der Waals surface area contributed by atoms with E-state index in [2.05, 4.69) is 22.2 Å². The van der Waals surface area contributed by atoms with Gasteiger partial charge in [0.25, 0.3) is 5.82 Å². The molecular formula is C15H20F3N5O. The van der Waals surface area contributed by atoms with E-state index in [1.807, 2.05) is 4.90 Å². The standard InChI is InChI=1S/C15H20F3N5O/c1-2-10-24-11-4-3-8-22(9-7-11)13-6-5-12-19-20-14(15(16,17)18)23(12)21-13/h5-6,11H,2-4,7-10H2,1H3. The van der Waals surface area contributed by atoms with Gasteiger partial charge >= 0.3 is 6.18 Å². The van der Waals surface area contributed by atoms with Crippen LogP contribution in [0, 0.1) is 0 Å². The average Bonchev–Trinajstić information content (AvgIpc) is 2.84. The van der Waals surface area contributed by atoms with E-state index in [0.717, 1.165) is 43.4 Å². The predicted octanol–water partition coefficient (Wildman–Crippen LogP) is 2.93. The molecule has 0 radical (unpaired) electrons. The maximum atomic E-state index is 13.0. The smallest absolute Gasteiger partial charge is 0.378 e. The van der Waals surface area contributed by atoms with Crippen LogP contribution >= 0.6 is 0 Å². The molecular weight excluding hydrogens is 323 g/mol. The second-order valence-corrected chi connectivity index (χ2v) is 5.89. The first-order chi connectivity index (χ1) is 11.5. The third-order valence-electron chi connectivity index (χ3n) is 4.06. The Labute approximate surface area is 137 Å². The zero-order chi connectivity index (χ0) is 17.2. The topological polar surface area (TPSA) is 55.5 Å². The molecule has 2 aromatic rings. The Hall–Kier alpha value is -1.90. The van der Waals surface area contributed by atoms with Gasteiger partial charge in [0, 0.05) is 19.7 Å². The fraction of sp³-hybridized carbons (Fsp3) is 0.667. The van der Waals surface area contributed by atoms with Crippen LogP contribution in [0.5, 0.6) is 0 Å². The van der Waals surface area contributed by atoms with Gasteiger partial charge in [0.05, 0.1) is 6.10 Å². The van der Waals surface area contributed by atoms with Gasteiger partial charge in [0.2, 0.25) is 0 Å². The largest absolute Gasteiger partial charge is 0.453 e. The summed E-state index contributed by atoms with van der Waals surface area (Å²) in [6.07, 6.45) is -0.676. The van der Waals surface area contributed by atoms with E-state index >= 15 is 0 Å². The first-order valence-electron chi connectivity index (χ1n) is 8.15. The molecule has 6 nitrogen and oxygen atoms in total. The molecule has 0 aliphatic carbocycles. The van der Waals surface area contributed by atoms with Crippen LogP contribution in [0.2, 0.25) is 0 Å². The third-order valence-corrected chi connectivity index (χ3v) is 4.06. The van der Waals surface area contributed by atoms with Crippen molar-refractivity contribution in [2.24, 2.45) is 0 Å². The Morgan fingerprint density at radius 1 is 1.21 bits per heavy atom. The molecule has 1 fully saturated rings. The van der Waals surface area contributed by atoms with Crippen molar-refractivity contribution in [2.75, 3.05) is 24.6 Å². The normalized spacial score (nSPS) is 19.7. The highest BCUT2D eigenvalue weighted by molar-refractivity contribution is 5.46. The van der Waals surface area contributed by atoms with Gasteiger partial charge in [-0.2, -0.15) is 17.7 Å². The zero-order valence-electron chi connectivity index (χ0n) is 13.5. The van der Waals surface area contributed by atoms with Gasteiger partial charge in [0.15, 0.2) is 5.65 Å². The number of aromatic nitrogens is 4. The van der Waals surface area contributed by atoms with Crippen LogP contribution in [0.3, 0.4) is 0 Å². The Kier molecular flexibility index (Phi) is 4.88. The molecule has 0 amide bonds. The van der Waals surface area contributed by atoms with Gasteiger partial charge < -0.3 is 9.64 Å². The van der Waals surface area contributed by atoms with Crippen molar-refractivity contribution in [2.45, 2.75) is 44.9 Å². The van der Waals surface area contributed by atoms with Crippen LogP contribution in [0.4, 0.5) is 19.0 Å². The monoisotopic (exact) mass is 343 g/mol. The molecule has 1 atom stereocenters. The Bertz CT molecular complexity index is 687. The molecule has 0 saturated carbocycles. The maximum Gasteiger partial charge on any atom is 0.453 e. The lowest BCUT2D eigenvalue weighted by atomic mass is 10.2. The highest BCUT2D eigenvalue weighted by atomic mass is 19.4. The molecule has 0 bridgehead atoms. The molecule has 24 heavy (non-hydrogen) atoms. The Balaban J connectivity index is 1.79. The van der Waals surface area contributed by atoms with Crippen LogP contribution in [-0.2, 0) is 10.9 Å². The van der Waals surface area contributed by atoms with Crippen LogP contribution in [-0.4, -0.2) is 45.6 Å². The summed E-state index contributed by atoms with van der Waals surface area (Å²) in [6.45, 7) is 4.26. The second-order valence-electron chi connectivity index (χ2n) is 5.89. The van der Waals surface area contributed by atoms with Crippen molar-refractivity contribution in [1.29, 1.82) is 0 Å². The molecule has 3 heterocycles. The van der Waals surface area contributed by atoms with Crippen molar-refractivity contribution < 1.29 is 17.9 Å². The number of hydrogen-bond donors (Lipinski definition) is 0. The van der Waals surface area contributed by atoms with Gasteiger partial charge in [-0.25, -0.2) is 0 Å². The molecule has 3 rings (SSSR count). The maximum absolute atomic E-state index is 13.0. The van der Waals surface area contributed by atoms with Crippen molar-refractivity contribution >= 4 is 11.5 Å². The van der Waals surface area contributed by atoms with E-state index in [1.54, 1.807) is 6.07 Å². The lowest BCUT2D eigenvalue weighted by Gasteiger charge is -2.21. The summed E-state index contributed by atoms with van der Waals surface area (Å²) in [4.78, 5) is 1.99. The quantitative estimate of drug-likeness (QED) is 0.854. The molecule has 9 heteroatoms. The van der Waals surface area contributed by atoms with E-state index in [4.69, 9.17) is 4.74 Å². The minimum atomic E-state index is -4.58. The van der Waals surface area contributed by atoms with Crippen molar-refractivity contribution in [3.8, 4) is 0 Å². The summed E-state index contributed by atoms with van der Waals surface area (Å²) < 4.78 is 45.5. The zero-order valence-corrected chi connectivity index (χ0v) is 13.5. The second kappa shape index (κ2) is 6.92. The minimum absolute atomic E-state index is 0.0880. The SMILES string of the molecule is CCCOC1CCCN(c2ccc3nnc(C(F)(F)F)n3n2)CC1. The highest BCUT2D eigenvalue weighted by Crippen LogP contribution is 2.28. The number of nitrogens with zero attached hydrogens (tertiary/aromatic N) is 5. The predicted molar refractivity (Wildman–Crippen MR) is 81.9 cm³/mol. The lowest BCUT2D eigenvalue weighted by Crippen LogP contribution is -2.27. The van der Waals surface area contributed by atoms with Crippen LogP contribution in [0.1, 0.15) is 38.4 Å². The number of alkyl halides is 3. The van der Waals surface area contributed by atoms with E-state index in [-0.39, 0.29) is 11.8 Å². The van der Waals surface area contributed by atoms with Crippen molar-refractivity contribution in [3.63, 3.8) is 0 Å². The van der Waals surface area contributed by atoms with Crippen LogP contribution < -0.4 is 4.90 Å². The number of fused-ring (bicyclic) bond motifs is 1. The summed E-state index contributed by atoms with van der Waals surface area (Å²) in [5.41, 5.74) is 0.0880. The highest BCUT2D eigenvalue weighted by Gasteiger charge is 2.37. The summed E-state index contributed by atoms with van der Waals surface area (Å²) in [5.74, 6) is -0.595. The summed E-state index contributed by atoms with van der Waals surface area (Å²) in [5, 5.41) is 10.8. The van der Waals surface area contributed by atoms with E-state index in [0.29, 0.717) is 12.4 Å². The molecule has 1 unspecified atom stereocenters. The summed E-state index contributed by atoms with van der Waals surface area (Å²) >= 11 is 0. The van der Waals surface area contributed by atoms with Gasteiger partial charge in [-0.3, -0.25) is 0 Å². The van der Waals surface area contributed by atoms with Gasteiger partial charge in [-0.05, 0) is 37.8 Å². The number of halogens is 3. The molecule has 1 aliphatic heterocycles. The Morgan fingerprint density at radius 2 is 2.04 bits per heavy atom. The Morgan fingerprint density at radius 3 is 2.79 bits per heavy atom. The number of rotatable bonds is 4. The van der Waals surface area contributed by atoms with Gasteiger partial charge in [0.1, 0.15) is 5.82 Å². The molecule has 0 spiro atoms. The molecule has 2 aromatic heterocycles. The molecule has 1 saturated heterocycles. The fourth-order valence-electron chi connectivity index (χ4n) is 2.87. The fourth-order valence-corrected chi connectivity index (χ4v) is 2.87. The first kappa shape index (κ1) is 16.9. The van der Waals surface area contributed by atoms with E-state index in [9.17, 15) is 13.2 Å². The molecule has 132 valence electrons. The van der Waals surface area contributed by atoms with E-state index < -0.39 is 12.0 Å². The third kappa shape index (κ3) is 3.61. The van der Waals surface area contributed by atoms with Gasteiger partial charge in [-0.15, -0.1) is 15.3 Å².